The molecule has 0 heterocycles. The van der Waals surface area contributed by atoms with Gasteiger partial charge >= 0.3 is 0 Å². The molecule has 1 aliphatic carbocycles. The number of hydrogen-bond donors (Lipinski definition) is 1. The Balaban J connectivity index is 2.63. The van der Waals surface area contributed by atoms with Gasteiger partial charge in [-0.3, -0.25) is 4.90 Å². The molecule has 1 atom stereocenters. The second kappa shape index (κ2) is 6.69. The average Bonchev–Trinajstić information content (AvgIpc) is 2.38. The smallest absolute Gasteiger partial charge is 0.0615 e. The third-order valence-corrected chi connectivity index (χ3v) is 4.39. The van der Waals surface area contributed by atoms with Crippen molar-refractivity contribution in [2.75, 3.05) is 34.4 Å². The number of nitrogens with two attached hydrogens (primary N) is 1. The van der Waals surface area contributed by atoms with E-state index >= 15 is 0 Å². The summed E-state index contributed by atoms with van der Waals surface area (Å²) < 4.78 is 10.7. The Morgan fingerprint density at radius 2 is 1.94 bits per heavy atom. The van der Waals surface area contributed by atoms with Gasteiger partial charge < -0.3 is 15.2 Å². The topological polar surface area (TPSA) is 47.7 Å². The Labute approximate surface area is 105 Å². The maximum atomic E-state index is 6.04. The van der Waals surface area contributed by atoms with Crippen LogP contribution in [0, 0.1) is 0 Å². The summed E-state index contributed by atoms with van der Waals surface area (Å²) in [6, 6.07) is 0.405. The lowest BCUT2D eigenvalue weighted by Crippen LogP contribution is -2.58. The molecule has 4 nitrogen and oxygen atoms in total. The van der Waals surface area contributed by atoms with Gasteiger partial charge in [-0.25, -0.2) is 0 Å². The minimum atomic E-state index is 0.132. The molecular formula is C13H28N2O2. The molecule has 0 aromatic rings. The predicted molar refractivity (Wildman–Crippen MR) is 70.2 cm³/mol. The molecule has 0 amide bonds. The van der Waals surface area contributed by atoms with E-state index in [0.29, 0.717) is 18.7 Å². The normalized spacial score (nSPS) is 31.8. The van der Waals surface area contributed by atoms with Gasteiger partial charge in [0.25, 0.3) is 0 Å². The molecular weight excluding hydrogens is 216 g/mol. The van der Waals surface area contributed by atoms with Crippen LogP contribution in [0.1, 0.15) is 32.6 Å². The van der Waals surface area contributed by atoms with Crippen molar-refractivity contribution in [1.82, 2.24) is 4.90 Å². The molecule has 2 N–H and O–H groups in total. The van der Waals surface area contributed by atoms with E-state index in [1.54, 1.807) is 14.2 Å². The molecule has 0 saturated heterocycles. The van der Waals surface area contributed by atoms with E-state index in [4.69, 9.17) is 15.2 Å². The minimum absolute atomic E-state index is 0.132. The lowest BCUT2D eigenvalue weighted by molar-refractivity contribution is -0.0236. The van der Waals surface area contributed by atoms with Crippen LogP contribution in [0.4, 0.5) is 0 Å². The fourth-order valence-electron chi connectivity index (χ4n) is 2.89. The van der Waals surface area contributed by atoms with Crippen LogP contribution in [-0.2, 0) is 9.47 Å². The van der Waals surface area contributed by atoms with Crippen LogP contribution < -0.4 is 5.73 Å². The van der Waals surface area contributed by atoms with Crippen molar-refractivity contribution < 1.29 is 9.47 Å². The van der Waals surface area contributed by atoms with Crippen molar-refractivity contribution >= 4 is 0 Å². The second-order valence-electron chi connectivity index (χ2n) is 5.28. The molecule has 0 aromatic carbocycles. The number of nitrogens with zero attached hydrogens (tertiary/aromatic N) is 1. The lowest BCUT2D eigenvalue weighted by Gasteiger charge is -2.48. The van der Waals surface area contributed by atoms with E-state index in [9.17, 15) is 0 Å². The molecule has 1 saturated carbocycles. The van der Waals surface area contributed by atoms with Gasteiger partial charge in [0.2, 0.25) is 0 Å². The molecule has 0 bridgehead atoms. The van der Waals surface area contributed by atoms with Crippen molar-refractivity contribution in [2.45, 2.75) is 50.3 Å². The molecule has 1 fully saturated rings. The molecule has 1 aliphatic rings. The Morgan fingerprint density at radius 3 is 2.35 bits per heavy atom. The van der Waals surface area contributed by atoms with E-state index in [1.165, 1.54) is 0 Å². The second-order valence-corrected chi connectivity index (χ2v) is 5.28. The Bertz CT molecular complexity index is 215. The van der Waals surface area contributed by atoms with Gasteiger partial charge in [0, 0.05) is 32.3 Å². The maximum Gasteiger partial charge on any atom is 0.0615 e. The monoisotopic (exact) mass is 244 g/mol. The van der Waals surface area contributed by atoms with Crippen LogP contribution in [-0.4, -0.2) is 57.0 Å². The zero-order chi connectivity index (χ0) is 12.9. The van der Waals surface area contributed by atoms with Gasteiger partial charge in [0.1, 0.15) is 0 Å². The summed E-state index contributed by atoms with van der Waals surface area (Å²) in [4.78, 5) is 2.41. The molecule has 1 unspecified atom stereocenters. The van der Waals surface area contributed by atoms with Gasteiger partial charge in [-0.05, 0) is 39.7 Å². The van der Waals surface area contributed by atoms with Gasteiger partial charge in [-0.15, -0.1) is 0 Å². The molecule has 17 heavy (non-hydrogen) atoms. The number of likely N-dealkylation sites (N-methyl/N-ethyl adjacent to an activating group) is 1. The number of methoxy groups -OCH3 is 2. The van der Waals surface area contributed by atoms with E-state index < -0.39 is 0 Å². The summed E-state index contributed by atoms with van der Waals surface area (Å²) in [5.41, 5.74) is 6.17. The molecule has 1 rings (SSSR count). The first-order chi connectivity index (χ1) is 8.09. The van der Waals surface area contributed by atoms with Crippen LogP contribution in [0.2, 0.25) is 0 Å². The van der Waals surface area contributed by atoms with E-state index in [1.807, 2.05) is 0 Å². The molecule has 0 radical (unpaired) electrons. The predicted octanol–water partition coefficient (Wildman–Crippen LogP) is 1.24. The van der Waals surface area contributed by atoms with Crippen LogP contribution in [0.3, 0.4) is 0 Å². The number of hydrogen-bond acceptors (Lipinski definition) is 4. The average molecular weight is 244 g/mol. The largest absolute Gasteiger partial charge is 0.383 e. The van der Waals surface area contributed by atoms with E-state index in [2.05, 4.69) is 18.9 Å². The van der Waals surface area contributed by atoms with Gasteiger partial charge in [-0.2, -0.15) is 0 Å². The highest BCUT2D eigenvalue weighted by Gasteiger charge is 2.39. The highest BCUT2D eigenvalue weighted by molar-refractivity contribution is 4.96. The summed E-state index contributed by atoms with van der Waals surface area (Å²) in [6.07, 6.45) is 4.87. The van der Waals surface area contributed by atoms with E-state index in [0.717, 1.165) is 32.3 Å². The van der Waals surface area contributed by atoms with E-state index in [-0.39, 0.29) is 5.54 Å². The molecule has 0 spiro atoms. The Hall–Kier alpha value is -0.160. The third kappa shape index (κ3) is 3.41. The van der Waals surface area contributed by atoms with Crippen molar-refractivity contribution in [2.24, 2.45) is 5.73 Å². The molecule has 0 aliphatic heterocycles. The standard InChI is InChI=1S/C13H28N2O2/c1-11(9-16-3)15(2)13(10-14)7-5-12(17-4)6-8-13/h11-12H,5-10,14H2,1-4H3. The highest BCUT2D eigenvalue weighted by atomic mass is 16.5. The Morgan fingerprint density at radius 1 is 1.35 bits per heavy atom. The maximum absolute atomic E-state index is 6.04. The van der Waals surface area contributed by atoms with Crippen LogP contribution in [0.15, 0.2) is 0 Å². The first kappa shape index (κ1) is 14.9. The summed E-state index contributed by atoms with van der Waals surface area (Å²) in [7, 11) is 5.72. The first-order valence-corrected chi connectivity index (χ1v) is 6.54. The van der Waals surface area contributed by atoms with Gasteiger partial charge in [-0.1, -0.05) is 0 Å². The van der Waals surface area contributed by atoms with Crippen molar-refractivity contribution in [3.63, 3.8) is 0 Å². The molecule has 4 heteroatoms. The Kier molecular flexibility index (Phi) is 5.86. The quantitative estimate of drug-likeness (QED) is 0.763. The SMILES string of the molecule is COCC(C)N(C)C1(CN)CCC(OC)CC1. The summed E-state index contributed by atoms with van der Waals surface area (Å²) in [6.45, 7) is 3.67. The summed E-state index contributed by atoms with van der Waals surface area (Å²) in [5.74, 6) is 0. The highest BCUT2D eigenvalue weighted by Crippen LogP contribution is 2.34. The zero-order valence-corrected chi connectivity index (χ0v) is 11.7. The lowest BCUT2D eigenvalue weighted by atomic mass is 9.78. The van der Waals surface area contributed by atoms with Crippen molar-refractivity contribution in [3.05, 3.63) is 0 Å². The fourth-order valence-corrected chi connectivity index (χ4v) is 2.89. The minimum Gasteiger partial charge on any atom is -0.383 e. The number of ether oxygens (including phenoxy) is 2. The fraction of sp³-hybridized carbons (Fsp3) is 1.00. The summed E-state index contributed by atoms with van der Waals surface area (Å²) in [5, 5.41) is 0. The van der Waals surface area contributed by atoms with Crippen molar-refractivity contribution in [3.8, 4) is 0 Å². The van der Waals surface area contributed by atoms with Crippen LogP contribution in [0.5, 0.6) is 0 Å². The number of rotatable bonds is 6. The summed E-state index contributed by atoms with van der Waals surface area (Å²) >= 11 is 0. The third-order valence-electron chi connectivity index (χ3n) is 4.39. The van der Waals surface area contributed by atoms with Gasteiger partial charge in [0.15, 0.2) is 0 Å². The zero-order valence-electron chi connectivity index (χ0n) is 11.7. The van der Waals surface area contributed by atoms with Crippen LogP contribution in [0.25, 0.3) is 0 Å². The molecule has 102 valence electrons. The van der Waals surface area contributed by atoms with Crippen molar-refractivity contribution in [1.29, 1.82) is 0 Å². The molecule has 0 aromatic heterocycles. The van der Waals surface area contributed by atoms with Crippen LogP contribution >= 0.6 is 0 Å². The first-order valence-electron chi connectivity index (χ1n) is 6.54. The van der Waals surface area contributed by atoms with Gasteiger partial charge in [0.05, 0.1) is 12.7 Å².